The van der Waals surface area contributed by atoms with Gasteiger partial charge >= 0.3 is 0 Å². The van der Waals surface area contributed by atoms with Crippen LogP contribution in [0.15, 0.2) is 72.8 Å². The molecule has 2 heterocycles. The van der Waals surface area contributed by atoms with Gasteiger partial charge in [0.1, 0.15) is 40.9 Å². The minimum absolute atomic E-state index is 0.124. The molecule has 3 aromatic carbocycles. The van der Waals surface area contributed by atoms with Crippen molar-refractivity contribution in [3.05, 3.63) is 83.9 Å². The SMILES string of the molecule is CN(CCO)CCOc1ccc2c(c1)CCn1nc(-c3ccc(Oc4ccccc4)cc3)c(C(N)=O)c1N2. The number of primary amides is 1. The summed E-state index contributed by atoms with van der Waals surface area (Å²) in [5, 5.41) is 17.2. The van der Waals surface area contributed by atoms with Crippen LogP contribution in [0.25, 0.3) is 11.3 Å². The number of benzene rings is 3. The van der Waals surface area contributed by atoms with E-state index in [1.807, 2.05) is 84.7 Å². The summed E-state index contributed by atoms with van der Waals surface area (Å²) in [6.45, 7) is 2.55. The summed E-state index contributed by atoms with van der Waals surface area (Å²) >= 11 is 0. The molecule has 4 N–H and O–H groups in total. The predicted octanol–water partition coefficient (Wildman–Crippen LogP) is 4.04. The summed E-state index contributed by atoms with van der Waals surface area (Å²) < 4.78 is 13.6. The number of anilines is 2. The third-order valence-electron chi connectivity index (χ3n) is 6.45. The highest BCUT2D eigenvalue weighted by atomic mass is 16.5. The molecule has 0 unspecified atom stereocenters. The molecular formula is C29H31N5O4. The number of rotatable bonds is 10. The Bertz CT molecular complexity index is 1400. The Labute approximate surface area is 221 Å². The Hall–Kier alpha value is -4.34. The molecule has 1 amide bonds. The van der Waals surface area contributed by atoms with Crippen molar-refractivity contribution in [3.8, 4) is 28.5 Å². The minimum Gasteiger partial charge on any atom is -0.492 e. The second kappa shape index (κ2) is 11.4. The average molecular weight is 514 g/mol. The highest BCUT2D eigenvalue weighted by molar-refractivity contribution is 6.04. The molecule has 0 bridgehead atoms. The van der Waals surface area contributed by atoms with Crippen molar-refractivity contribution in [1.29, 1.82) is 0 Å². The number of carbonyl (C=O) groups excluding carboxylic acids is 1. The van der Waals surface area contributed by atoms with Gasteiger partial charge in [0.15, 0.2) is 0 Å². The number of fused-ring (bicyclic) bond motifs is 2. The van der Waals surface area contributed by atoms with Gasteiger partial charge < -0.3 is 30.5 Å². The van der Waals surface area contributed by atoms with Gasteiger partial charge in [-0.05, 0) is 73.6 Å². The molecule has 1 aliphatic rings. The van der Waals surface area contributed by atoms with Crippen molar-refractivity contribution in [2.75, 3.05) is 38.7 Å². The maximum atomic E-state index is 12.6. The van der Waals surface area contributed by atoms with Crippen molar-refractivity contribution >= 4 is 17.4 Å². The molecule has 4 aromatic rings. The molecule has 0 atom stereocenters. The standard InChI is InChI=1S/C29H31N5O4/c1-33(15-17-35)16-18-37-24-11-12-25-21(19-24)13-14-34-29(31-25)26(28(30)36)27(32-34)20-7-9-23(10-8-20)38-22-5-3-2-4-6-22/h2-12,19,31,35H,13-18H2,1H3,(H2,30,36). The number of likely N-dealkylation sites (N-methyl/N-ethyl adjacent to an activating group) is 1. The first kappa shape index (κ1) is 25.3. The monoisotopic (exact) mass is 513 g/mol. The lowest BCUT2D eigenvalue weighted by Gasteiger charge is -2.16. The number of aryl methyl sites for hydroxylation is 2. The van der Waals surface area contributed by atoms with E-state index in [9.17, 15) is 4.79 Å². The van der Waals surface area contributed by atoms with Gasteiger partial charge in [0.25, 0.3) is 5.91 Å². The van der Waals surface area contributed by atoms with Crippen molar-refractivity contribution in [2.24, 2.45) is 5.73 Å². The summed E-state index contributed by atoms with van der Waals surface area (Å²) in [6, 6.07) is 22.9. The third kappa shape index (κ3) is 5.64. The molecule has 0 fully saturated rings. The van der Waals surface area contributed by atoms with Crippen LogP contribution in [-0.2, 0) is 13.0 Å². The molecule has 0 aliphatic carbocycles. The van der Waals surface area contributed by atoms with Crippen LogP contribution < -0.4 is 20.5 Å². The van der Waals surface area contributed by atoms with Gasteiger partial charge in [-0.2, -0.15) is 5.10 Å². The van der Waals surface area contributed by atoms with E-state index in [4.69, 9.17) is 25.4 Å². The summed E-state index contributed by atoms with van der Waals surface area (Å²) in [5.41, 5.74) is 9.45. The molecule has 5 rings (SSSR count). The predicted molar refractivity (Wildman–Crippen MR) is 146 cm³/mol. The van der Waals surface area contributed by atoms with Gasteiger partial charge in [-0.1, -0.05) is 18.2 Å². The Kier molecular flexibility index (Phi) is 7.57. The zero-order valence-corrected chi connectivity index (χ0v) is 21.3. The van der Waals surface area contributed by atoms with Gasteiger partial charge in [0.2, 0.25) is 0 Å². The summed E-state index contributed by atoms with van der Waals surface area (Å²) in [5.74, 6) is 2.24. The van der Waals surface area contributed by atoms with Crippen molar-refractivity contribution in [1.82, 2.24) is 14.7 Å². The van der Waals surface area contributed by atoms with Crippen molar-refractivity contribution < 1.29 is 19.4 Å². The van der Waals surface area contributed by atoms with E-state index in [0.29, 0.717) is 48.9 Å². The number of hydrogen-bond acceptors (Lipinski definition) is 7. The number of para-hydroxylation sites is 1. The molecule has 1 aromatic heterocycles. The zero-order chi connectivity index (χ0) is 26.5. The van der Waals surface area contributed by atoms with Crippen LogP contribution in [0.3, 0.4) is 0 Å². The number of carbonyl (C=O) groups is 1. The maximum absolute atomic E-state index is 12.6. The molecular weight excluding hydrogens is 482 g/mol. The highest BCUT2D eigenvalue weighted by Crippen LogP contribution is 2.36. The first-order chi connectivity index (χ1) is 18.5. The van der Waals surface area contributed by atoms with E-state index in [1.54, 1.807) is 4.68 Å². The number of ether oxygens (including phenoxy) is 2. The number of aromatic nitrogens is 2. The number of nitrogens with zero attached hydrogens (tertiary/aromatic N) is 3. The van der Waals surface area contributed by atoms with E-state index in [1.165, 1.54) is 0 Å². The Balaban J connectivity index is 1.35. The first-order valence-electron chi connectivity index (χ1n) is 12.6. The lowest BCUT2D eigenvalue weighted by Crippen LogP contribution is -2.27. The largest absolute Gasteiger partial charge is 0.492 e. The number of aliphatic hydroxyl groups excluding tert-OH is 1. The number of amides is 1. The maximum Gasteiger partial charge on any atom is 0.254 e. The fourth-order valence-electron chi connectivity index (χ4n) is 4.44. The van der Waals surface area contributed by atoms with Crippen molar-refractivity contribution in [2.45, 2.75) is 13.0 Å². The summed E-state index contributed by atoms with van der Waals surface area (Å²) in [7, 11) is 1.94. The highest BCUT2D eigenvalue weighted by Gasteiger charge is 2.26. The zero-order valence-electron chi connectivity index (χ0n) is 21.3. The molecule has 9 heteroatoms. The second-order valence-corrected chi connectivity index (χ2v) is 9.17. The number of hydrogen-bond donors (Lipinski definition) is 3. The van der Waals surface area contributed by atoms with Crippen LogP contribution >= 0.6 is 0 Å². The van der Waals surface area contributed by atoms with Crippen LogP contribution in [0.2, 0.25) is 0 Å². The molecule has 0 saturated carbocycles. The molecule has 1 aliphatic heterocycles. The van der Waals surface area contributed by atoms with Crippen LogP contribution in [0.1, 0.15) is 15.9 Å². The first-order valence-corrected chi connectivity index (χ1v) is 12.6. The topological polar surface area (TPSA) is 115 Å². The summed E-state index contributed by atoms with van der Waals surface area (Å²) in [4.78, 5) is 14.6. The minimum atomic E-state index is -0.547. The van der Waals surface area contributed by atoms with Crippen LogP contribution in [0, 0.1) is 0 Å². The van der Waals surface area contributed by atoms with Gasteiger partial charge in [-0.3, -0.25) is 4.79 Å². The smallest absolute Gasteiger partial charge is 0.254 e. The van der Waals surface area contributed by atoms with E-state index in [2.05, 4.69) is 5.32 Å². The average Bonchev–Trinajstić information content (AvgIpc) is 3.18. The van der Waals surface area contributed by atoms with E-state index in [-0.39, 0.29) is 6.61 Å². The summed E-state index contributed by atoms with van der Waals surface area (Å²) in [6.07, 6.45) is 0.708. The molecule has 0 spiro atoms. The second-order valence-electron chi connectivity index (χ2n) is 9.17. The van der Waals surface area contributed by atoms with Crippen LogP contribution in [0.5, 0.6) is 17.2 Å². The van der Waals surface area contributed by atoms with Crippen LogP contribution in [0.4, 0.5) is 11.5 Å². The molecule has 196 valence electrons. The molecule has 9 nitrogen and oxygen atoms in total. The molecule has 0 radical (unpaired) electrons. The number of nitrogens with one attached hydrogen (secondary N) is 1. The third-order valence-corrected chi connectivity index (χ3v) is 6.45. The Morgan fingerprint density at radius 2 is 1.79 bits per heavy atom. The fourth-order valence-corrected chi connectivity index (χ4v) is 4.44. The normalized spacial score (nSPS) is 12.3. The quantitative estimate of drug-likeness (QED) is 0.293. The lowest BCUT2D eigenvalue weighted by atomic mass is 10.1. The number of nitrogens with two attached hydrogens (primary N) is 1. The van der Waals surface area contributed by atoms with Crippen LogP contribution in [-0.4, -0.2) is 59.0 Å². The van der Waals surface area contributed by atoms with Gasteiger partial charge in [0.05, 0.1) is 6.61 Å². The van der Waals surface area contributed by atoms with Gasteiger partial charge in [-0.15, -0.1) is 0 Å². The Morgan fingerprint density at radius 1 is 1.05 bits per heavy atom. The fraction of sp³-hybridized carbons (Fsp3) is 0.241. The van der Waals surface area contributed by atoms with Gasteiger partial charge in [0, 0.05) is 30.9 Å². The van der Waals surface area contributed by atoms with Gasteiger partial charge in [-0.25, -0.2) is 4.68 Å². The van der Waals surface area contributed by atoms with E-state index in [0.717, 1.165) is 34.9 Å². The molecule has 38 heavy (non-hydrogen) atoms. The Morgan fingerprint density at radius 3 is 2.53 bits per heavy atom. The van der Waals surface area contributed by atoms with E-state index < -0.39 is 5.91 Å². The van der Waals surface area contributed by atoms with E-state index >= 15 is 0 Å². The van der Waals surface area contributed by atoms with Crippen molar-refractivity contribution in [3.63, 3.8) is 0 Å². The number of aliphatic hydroxyl groups is 1. The lowest BCUT2D eigenvalue weighted by molar-refractivity contribution is 0.100. The molecule has 0 saturated heterocycles.